The van der Waals surface area contributed by atoms with Crippen LogP contribution in [0.25, 0.3) is 0 Å². The Morgan fingerprint density at radius 2 is 0.895 bits per heavy atom. The molecule has 0 saturated heterocycles. The van der Waals surface area contributed by atoms with Gasteiger partial charge in [0.25, 0.3) is 0 Å². The van der Waals surface area contributed by atoms with Gasteiger partial charge in [0.05, 0.1) is 15.3 Å². The third kappa shape index (κ3) is 109. The van der Waals surface area contributed by atoms with Gasteiger partial charge in [-0.15, -0.1) is 0 Å². The number of benzene rings is 1. The summed E-state index contributed by atoms with van der Waals surface area (Å²) < 4.78 is 0. The van der Waals surface area contributed by atoms with E-state index in [1.54, 1.807) is 24.3 Å². The summed E-state index contributed by atoms with van der Waals surface area (Å²) in [5.74, 6) is 0.322. The normalized spacial score (nSPS) is 6.95. The molecule has 19 heavy (non-hydrogen) atoms. The van der Waals surface area contributed by atoms with Crippen molar-refractivity contribution in [3.63, 3.8) is 0 Å². The first kappa shape index (κ1) is 21.0. The quantitative estimate of drug-likeness (QED) is 0.516. The van der Waals surface area contributed by atoms with Crippen LogP contribution >= 0.6 is 0 Å². The second-order valence-electron chi connectivity index (χ2n) is 2.01. The van der Waals surface area contributed by atoms with E-state index in [2.05, 4.69) is 0 Å². The molecule has 0 fully saturated rings. The van der Waals surface area contributed by atoms with E-state index in [0.29, 0.717) is 5.75 Å². The minimum atomic E-state index is -1.75. The van der Waals surface area contributed by atoms with Gasteiger partial charge in [-0.3, -0.25) is 0 Å². The third-order valence-corrected chi connectivity index (χ3v) is 0.756. The van der Waals surface area contributed by atoms with Crippen LogP contribution in [-0.4, -0.2) is 20.4 Å². The standard InChI is InChI=1S/C6H6O.3NO3/c7-6-4-2-1-3-5-6;3*2-1(3)4/h1-5,7H;;;/q;3*-1. The van der Waals surface area contributed by atoms with Crippen LogP contribution < -0.4 is 0 Å². The molecule has 0 aliphatic heterocycles. The SMILES string of the molecule is O=[N+]([O-])[O-].O=[N+]([O-])[O-].O=[N+]([O-])[O-].Oc1ccccc1. The molecule has 1 rings (SSSR count). The van der Waals surface area contributed by atoms with Gasteiger partial charge in [0, 0.05) is 0 Å². The van der Waals surface area contributed by atoms with Gasteiger partial charge in [0.15, 0.2) is 0 Å². The highest BCUT2D eigenvalue weighted by Crippen LogP contribution is 2.02. The van der Waals surface area contributed by atoms with Gasteiger partial charge in [-0.25, -0.2) is 0 Å². The maximum absolute atomic E-state index is 8.63. The highest BCUT2D eigenvalue weighted by atomic mass is 16.9. The molecular weight excluding hydrogens is 274 g/mol. The minimum absolute atomic E-state index is 0.322. The number of para-hydroxylation sites is 1. The van der Waals surface area contributed by atoms with Crippen molar-refractivity contribution in [1.29, 1.82) is 0 Å². The Kier molecular flexibility index (Phi) is 16.1. The number of phenolic OH excluding ortho intramolecular Hbond substituents is 1. The molecule has 108 valence electrons. The lowest BCUT2D eigenvalue weighted by molar-refractivity contribution is -0.403. The Morgan fingerprint density at radius 1 is 0.684 bits per heavy atom. The lowest BCUT2D eigenvalue weighted by Gasteiger charge is -1.82. The third-order valence-electron chi connectivity index (χ3n) is 0.756. The molecule has 1 aromatic rings. The number of nitrogens with zero attached hydrogens (tertiary/aromatic N) is 3. The van der Waals surface area contributed by atoms with Crippen molar-refractivity contribution in [3.8, 4) is 5.75 Å². The zero-order valence-corrected chi connectivity index (χ0v) is 8.85. The molecule has 0 unspecified atom stereocenters. The van der Waals surface area contributed by atoms with Gasteiger partial charge in [-0.05, 0) is 12.1 Å². The molecule has 0 atom stereocenters. The van der Waals surface area contributed by atoms with Gasteiger partial charge in [-0.1, -0.05) is 18.2 Å². The summed E-state index contributed by atoms with van der Waals surface area (Å²) in [6.07, 6.45) is 0. The molecule has 1 aromatic carbocycles. The highest BCUT2D eigenvalue weighted by molar-refractivity contribution is 5.18. The molecular formula is C6H6N3O10-3. The fourth-order valence-corrected chi connectivity index (χ4v) is 0.428. The molecule has 1 N–H and O–H groups in total. The van der Waals surface area contributed by atoms with E-state index in [0.717, 1.165) is 0 Å². The summed E-state index contributed by atoms with van der Waals surface area (Å²) in [5, 5.41) is 52.9. The smallest absolute Gasteiger partial charge is 0.115 e. The van der Waals surface area contributed by atoms with E-state index < -0.39 is 15.3 Å². The lowest BCUT2D eigenvalue weighted by atomic mass is 10.3. The topological polar surface area (TPSA) is 219 Å². The molecule has 0 aliphatic carbocycles. The lowest BCUT2D eigenvalue weighted by Crippen LogP contribution is -1.74. The maximum Gasteiger partial charge on any atom is 0.115 e. The van der Waals surface area contributed by atoms with E-state index in [4.69, 9.17) is 51.1 Å². The maximum atomic E-state index is 8.63. The second-order valence-corrected chi connectivity index (χ2v) is 2.01. The Labute approximate surface area is 103 Å². The molecule has 13 nitrogen and oxygen atoms in total. The molecule has 0 amide bonds. The van der Waals surface area contributed by atoms with Crippen LogP contribution in [0.1, 0.15) is 0 Å². The van der Waals surface area contributed by atoms with Crippen molar-refractivity contribution in [3.05, 3.63) is 76.3 Å². The zero-order chi connectivity index (χ0) is 15.8. The van der Waals surface area contributed by atoms with Gasteiger partial charge in [0.2, 0.25) is 0 Å². The zero-order valence-electron chi connectivity index (χ0n) is 8.85. The summed E-state index contributed by atoms with van der Waals surface area (Å²) in [4.78, 5) is 24.8. The molecule has 0 spiro atoms. The van der Waals surface area contributed by atoms with Crippen molar-refractivity contribution in [2.75, 3.05) is 0 Å². The molecule has 0 heterocycles. The van der Waals surface area contributed by atoms with Gasteiger partial charge in [0.1, 0.15) is 5.75 Å². The van der Waals surface area contributed by atoms with Crippen LogP contribution in [0.2, 0.25) is 0 Å². The fraction of sp³-hybridized carbons (Fsp3) is 0. The summed E-state index contributed by atoms with van der Waals surface area (Å²) in [5.41, 5.74) is 0. The number of aromatic hydroxyl groups is 1. The highest BCUT2D eigenvalue weighted by Gasteiger charge is 1.74. The monoisotopic (exact) mass is 280 g/mol. The van der Waals surface area contributed by atoms with Gasteiger partial charge in [-0.2, -0.15) is 0 Å². The largest absolute Gasteiger partial charge is 0.508 e. The molecule has 13 heteroatoms. The number of hydrogen-bond acceptors (Lipinski definition) is 10. The van der Waals surface area contributed by atoms with Crippen LogP contribution in [0.3, 0.4) is 0 Å². The van der Waals surface area contributed by atoms with Crippen LogP contribution in [-0.2, 0) is 0 Å². The van der Waals surface area contributed by atoms with Crippen molar-refractivity contribution >= 4 is 0 Å². The molecule has 0 aromatic heterocycles. The molecule has 0 aliphatic rings. The fourth-order valence-electron chi connectivity index (χ4n) is 0.428. The predicted octanol–water partition coefficient (Wildman–Crippen LogP) is 0.675. The summed E-state index contributed by atoms with van der Waals surface area (Å²) >= 11 is 0. The summed E-state index contributed by atoms with van der Waals surface area (Å²) in [6.45, 7) is 0. The van der Waals surface area contributed by atoms with Crippen molar-refractivity contribution in [2.24, 2.45) is 0 Å². The van der Waals surface area contributed by atoms with E-state index in [1.807, 2.05) is 6.07 Å². The Balaban J connectivity index is -0.000000189. The van der Waals surface area contributed by atoms with E-state index in [9.17, 15) is 0 Å². The Bertz CT molecular complexity index is 328. The number of phenols is 1. The van der Waals surface area contributed by atoms with E-state index >= 15 is 0 Å². The van der Waals surface area contributed by atoms with Crippen molar-refractivity contribution < 1.29 is 20.4 Å². The van der Waals surface area contributed by atoms with Crippen molar-refractivity contribution in [2.45, 2.75) is 0 Å². The Hall–Kier alpha value is -3.38. The predicted molar refractivity (Wildman–Crippen MR) is 59.2 cm³/mol. The minimum Gasteiger partial charge on any atom is -0.508 e. The second kappa shape index (κ2) is 14.6. The van der Waals surface area contributed by atoms with Crippen LogP contribution in [0, 0.1) is 46.0 Å². The molecule has 0 saturated carbocycles. The van der Waals surface area contributed by atoms with Crippen molar-refractivity contribution in [1.82, 2.24) is 0 Å². The van der Waals surface area contributed by atoms with Gasteiger partial charge < -0.3 is 51.1 Å². The number of rotatable bonds is 0. The van der Waals surface area contributed by atoms with Crippen LogP contribution in [0.5, 0.6) is 5.75 Å². The number of hydrogen-bond donors (Lipinski definition) is 1. The first-order valence-corrected chi connectivity index (χ1v) is 3.78. The molecule has 0 bridgehead atoms. The van der Waals surface area contributed by atoms with E-state index in [-0.39, 0.29) is 0 Å². The average Bonchev–Trinajstić information content (AvgIpc) is 2.15. The first-order chi connectivity index (χ1) is 8.59. The molecule has 0 radical (unpaired) electrons. The summed E-state index contributed by atoms with van der Waals surface area (Å²) in [7, 11) is 0. The van der Waals surface area contributed by atoms with Gasteiger partial charge >= 0.3 is 0 Å². The summed E-state index contributed by atoms with van der Waals surface area (Å²) in [6, 6.07) is 8.71. The van der Waals surface area contributed by atoms with Crippen LogP contribution in [0.4, 0.5) is 0 Å². The van der Waals surface area contributed by atoms with Crippen LogP contribution in [0.15, 0.2) is 30.3 Å². The van der Waals surface area contributed by atoms with E-state index in [1.165, 1.54) is 0 Å². The first-order valence-electron chi connectivity index (χ1n) is 3.78. The Morgan fingerprint density at radius 3 is 1.00 bits per heavy atom. The average molecular weight is 280 g/mol.